The lowest BCUT2D eigenvalue weighted by Gasteiger charge is -2.30. The molecule has 0 saturated heterocycles. The molecule has 4 nitrogen and oxygen atoms in total. The highest BCUT2D eigenvalue weighted by Crippen LogP contribution is 2.20. The monoisotopic (exact) mass is 355 g/mol. The van der Waals surface area contributed by atoms with Crippen LogP contribution in [-0.2, 0) is 27.3 Å². The Labute approximate surface area is 152 Å². The zero-order chi connectivity index (χ0) is 17.6. The van der Waals surface area contributed by atoms with E-state index in [2.05, 4.69) is 6.07 Å². The summed E-state index contributed by atoms with van der Waals surface area (Å²) < 4.78 is 5.32. The quantitative estimate of drug-likeness (QED) is 0.610. The summed E-state index contributed by atoms with van der Waals surface area (Å²) in [6.07, 6.45) is 0.0843. The van der Waals surface area contributed by atoms with Crippen LogP contribution in [-0.4, -0.2) is 35.2 Å². The van der Waals surface area contributed by atoms with E-state index in [9.17, 15) is 9.59 Å². The molecule has 130 valence electrons. The zero-order valence-corrected chi connectivity index (χ0v) is 15.0. The van der Waals surface area contributed by atoms with Crippen molar-refractivity contribution in [1.82, 2.24) is 4.90 Å². The first-order valence-corrected chi connectivity index (χ1v) is 9.35. The first kappa shape index (κ1) is 17.5. The second-order valence-corrected chi connectivity index (χ2v) is 7.06. The van der Waals surface area contributed by atoms with Gasteiger partial charge in [0.25, 0.3) is 5.91 Å². The SMILES string of the molecule is CC(OC(=O)CSc1ccccc1)C(=O)N1CCc2ccccc2C1. The molecule has 25 heavy (non-hydrogen) atoms. The Kier molecular flexibility index (Phi) is 5.76. The highest BCUT2D eigenvalue weighted by molar-refractivity contribution is 8.00. The van der Waals surface area contributed by atoms with Crippen molar-refractivity contribution in [3.05, 3.63) is 65.7 Å². The molecular weight excluding hydrogens is 334 g/mol. The molecule has 0 aromatic heterocycles. The Morgan fingerprint density at radius 2 is 1.76 bits per heavy atom. The van der Waals surface area contributed by atoms with Gasteiger partial charge in [0.15, 0.2) is 6.10 Å². The van der Waals surface area contributed by atoms with Gasteiger partial charge in [0.2, 0.25) is 0 Å². The standard InChI is InChI=1S/C20H21NO3S/c1-15(24-19(22)14-25-18-9-3-2-4-10-18)20(23)21-12-11-16-7-5-6-8-17(16)13-21/h2-10,15H,11-14H2,1H3. The number of carbonyl (C=O) groups is 2. The Hall–Kier alpha value is -2.27. The second kappa shape index (κ2) is 8.21. The Morgan fingerprint density at radius 1 is 1.08 bits per heavy atom. The fourth-order valence-electron chi connectivity index (χ4n) is 2.88. The lowest BCUT2D eigenvalue weighted by molar-refractivity contribution is -0.157. The number of fused-ring (bicyclic) bond motifs is 1. The summed E-state index contributed by atoms with van der Waals surface area (Å²) in [5.41, 5.74) is 2.45. The van der Waals surface area contributed by atoms with Crippen LogP contribution in [0.4, 0.5) is 0 Å². The lowest BCUT2D eigenvalue weighted by Crippen LogP contribution is -2.42. The summed E-state index contributed by atoms with van der Waals surface area (Å²) in [7, 11) is 0. The Morgan fingerprint density at radius 3 is 2.52 bits per heavy atom. The van der Waals surface area contributed by atoms with E-state index in [1.54, 1.807) is 11.8 Å². The highest BCUT2D eigenvalue weighted by Gasteiger charge is 2.26. The van der Waals surface area contributed by atoms with E-state index < -0.39 is 6.10 Å². The molecule has 0 bridgehead atoms. The van der Waals surface area contributed by atoms with Crippen LogP contribution < -0.4 is 0 Å². The molecule has 0 fully saturated rings. The van der Waals surface area contributed by atoms with Crippen molar-refractivity contribution < 1.29 is 14.3 Å². The fourth-order valence-corrected chi connectivity index (χ4v) is 3.58. The number of benzene rings is 2. The molecule has 0 radical (unpaired) electrons. The third-order valence-corrected chi connectivity index (χ3v) is 5.18. The summed E-state index contributed by atoms with van der Waals surface area (Å²) in [5.74, 6) is -0.301. The number of esters is 1. The van der Waals surface area contributed by atoms with Crippen LogP contribution in [0.3, 0.4) is 0 Å². The third kappa shape index (κ3) is 4.63. The van der Waals surface area contributed by atoms with Gasteiger partial charge in [0.05, 0.1) is 5.75 Å². The van der Waals surface area contributed by atoms with Crippen molar-refractivity contribution in [2.45, 2.75) is 30.9 Å². The average molecular weight is 355 g/mol. The molecule has 0 spiro atoms. The van der Waals surface area contributed by atoms with Crippen LogP contribution in [0.5, 0.6) is 0 Å². The van der Waals surface area contributed by atoms with Crippen molar-refractivity contribution in [3.8, 4) is 0 Å². The molecule has 2 aromatic rings. The Bertz CT molecular complexity index is 748. The first-order valence-electron chi connectivity index (χ1n) is 8.36. The van der Waals surface area contributed by atoms with E-state index in [0.717, 1.165) is 11.3 Å². The molecule has 0 N–H and O–H groups in total. The number of thioether (sulfide) groups is 1. The van der Waals surface area contributed by atoms with Gasteiger partial charge in [-0.1, -0.05) is 42.5 Å². The van der Waals surface area contributed by atoms with Crippen LogP contribution in [0, 0.1) is 0 Å². The van der Waals surface area contributed by atoms with Crippen LogP contribution in [0.25, 0.3) is 0 Å². The van der Waals surface area contributed by atoms with Crippen molar-refractivity contribution in [1.29, 1.82) is 0 Å². The summed E-state index contributed by atoms with van der Waals surface area (Å²) in [4.78, 5) is 27.3. The smallest absolute Gasteiger partial charge is 0.317 e. The molecule has 0 saturated carbocycles. The number of rotatable bonds is 5. The number of carbonyl (C=O) groups excluding carboxylic acids is 2. The number of ether oxygens (including phenoxy) is 1. The lowest BCUT2D eigenvalue weighted by atomic mass is 9.99. The van der Waals surface area contributed by atoms with Crippen LogP contribution in [0.2, 0.25) is 0 Å². The molecule has 1 atom stereocenters. The van der Waals surface area contributed by atoms with Gasteiger partial charge < -0.3 is 9.64 Å². The van der Waals surface area contributed by atoms with Crippen molar-refractivity contribution in [3.63, 3.8) is 0 Å². The molecule has 0 aliphatic carbocycles. The largest absolute Gasteiger partial charge is 0.452 e. The predicted octanol–water partition coefficient (Wildman–Crippen LogP) is 3.30. The summed E-state index contributed by atoms with van der Waals surface area (Å²) in [6, 6.07) is 17.8. The third-order valence-electron chi connectivity index (χ3n) is 4.20. The number of amides is 1. The maximum absolute atomic E-state index is 12.6. The fraction of sp³-hybridized carbons (Fsp3) is 0.300. The highest BCUT2D eigenvalue weighted by atomic mass is 32.2. The molecular formula is C20H21NO3S. The average Bonchev–Trinajstić information content (AvgIpc) is 2.66. The molecule has 1 aliphatic rings. The van der Waals surface area contributed by atoms with E-state index in [4.69, 9.17) is 4.74 Å². The molecule has 1 aliphatic heterocycles. The van der Waals surface area contributed by atoms with Gasteiger partial charge in [-0.25, -0.2) is 0 Å². The van der Waals surface area contributed by atoms with Crippen LogP contribution in [0.1, 0.15) is 18.1 Å². The molecule has 3 rings (SSSR count). The van der Waals surface area contributed by atoms with Crippen LogP contribution >= 0.6 is 11.8 Å². The van der Waals surface area contributed by atoms with Gasteiger partial charge in [0, 0.05) is 18.0 Å². The predicted molar refractivity (Wildman–Crippen MR) is 98.3 cm³/mol. The van der Waals surface area contributed by atoms with E-state index >= 15 is 0 Å². The van der Waals surface area contributed by atoms with Crippen molar-refractivity contribution in [2.24, 2.45) is 0 Å². The Balaban J connectivity index is 1.50. The van der Waals surface area contributed by atoms with Gasteiger partial charge in [-0.3, -0.25) is 9.59 Å². The molecule has 1 amide bonds. The van der Waals surface area contributed by atoms with Gasteiger partial charge in [-0.15, -0.1) is 11.8 Å². The minimum atomic E-state index is -0.755. The normalized spacial score (nSPS) is 14.5. The van der Waals surface area contributed by atoms with Gasteiger partial charge in [0.1, 0.15) is 0 Å². The maximum atomic E-state index is 12.6. The minimum Gasteiger partial charge on any atom is -0.452 e. The minimum absolute atomic E-state index is 0.132. The van der Waals surface area contributed by atoms with Gasteiger partial charge >= 0.3 is 5.97 Å². The van der Waals surface area contributed by atoms with E-state index in [1.807, 2.05) is 48.5 Å². The van der Waals surface area contributed by atoms with Crippen molar-refractivity contribution in [2.75, 3.05) is 12.3 Å². The second-order valence-electron chi connectivity index (χ2n) is 6.01. The molecule has 1 unspecified atom stereocenters. The van der Waals surface area contributed by atoms with E-state index in [1.165, 1.54) is 22.9 Å². The number of hydrogen-bond donors (Lipinski definition) is 0. The topological polar surface area (TPSA) is 46.6 Å². The molecule has 5 heteroatoms. The van der Waals surface area contributed by atoms with E-state index in [0.29, 0.717) is 13.1 Å². The van der Waals surface area contributed by atoms with Crippen molar-refractivity contribution >= 4 is 23.6 Å². The van der Waals surface area contributed by atoms with Gasteiger partial charge in [-0.2, -0.15) is 0 Å². The molecule has 1 heterocycles. The number of nitrogens with zero attached hydrogens (tertiary/aromatic N) is 1. The zero-order valence-electron chi connectivity index (χ0n) is 14.2. The van der Waals surface area contributed by atoms with Gasteiger partial charge in [-0.05, 0) is 36.6 Å². The summed E-state index contributed by atoms with van der Waals surface area (Å²) in [5, 5.41) is 0. The molecule has 2 aromatic carbocycles. The van der Waals surface area contributed by atoms with E-state index in [-0.39, 0.29) is 17.6 Å². The maximum Gasteiger partial charge on any atom is 0.317 e. The number of hydrogen-bond acceptors (Lipinski definition) is 4. The summed E-state index contributed by atoms with van der Waals surface area (Å²) in [6.45, 7) is 2.89. The van der Waals surface area contributed by atoms with Crippen LogP contribution in [0.15, 0.2) is 59.5 Å². The first-order chi connectivity index (χ1) is 12.1. The summed E-state index contributed by atoms with van der Waals surface area (Å²) >= 11 is 1.41.